The van der Waals surface area contributed by atoms with Gasteiger partial charge in [0, 0.05) is 6.07 Å². The SMILES string of the molecule is N#Cc1nn(-c2cc(Cl)c(Oc3ccc(=O)n(CC(=O)O)c3)c(Cl)c2)c(=O)[nH]c1=O. The fraction of sp³-hybridized carbons (Fsp3) is 0.0588. The van der Waals surface area contributed by atoms with Gasteiger partial charge in [-0.15, -0.1) is 5.10 Å². The molecule has 0 saturated carbocycles. The molecule has 0 bridgehead atoms. The maximum Gasteiger partial charge on any atom is 0.349 e. The molecule has 0 aliphatic rings. The lowest BCUT2D eigenvalue weighted by molar-refractivity contribution is -0.137. The van der Waals surface area contributed by atoms with E-state index in [1.165, 1.54) is 24.4 Å². The van der Waals surface area contributed by atoms with Gasteiger partial charge in [-0.3, -0.25) is 19.4 Å². The van der Waals surface area contributed by atoms with Crippen LogP contribution in [0.4, 0.5) is 0 Å². The number of hydrogen-bond donors (Lipinski definition) is 2. The number of nitrogens with zero attached hydrogens (tertiary/aromatic N) is 4. The van der Waals surface area contributed by atoms with Gasteiger partial charge in [-0.1, -0.05) is 23.2 Å². The number of H-pyrrole nitrogens is 1. The molecule has 0 aliphatic carbocycles. The van der Waals surface area contributed by atoms with Crippen LogP contribution in [-0.2, 0) is 11.3 Å². The van der Waals surface area contributed by atoms with Crippen LogP contribution < -0.4 is 21.5 Å². The molecule has 0 fully saturated rings. The van der Waals surface area contributed by atoms with E-state index in [4.69, 9.17) is 38.3 Å². The Morgan fingerprint density at radius 2 is 1.90 bits per heavy atom. The van der Waals surface area contributed by atoms with Crippen molar-refractivity contribution in [2.45, 2.75) is 6.54 Å². The molecule has 2 heterocycles. The van der Waals surface area contributed by atoms with Gasteiger partial charge in [0.15, 0.2) is 5.75 Å². The Kier molecular flexibility index (Phi) is 5.72. The summed E-state index contributed by atoms with van der Waals surface area (Å²) in [6, 6.07) is 6.47. The average molecular weight is 450 g/mol. The minimum atomic E-state index is -1.22. The molecule has 0 unspecified atom stereocenters. The zero-order chi connectivity index (χ0) is 22.0. The Morgan fingerprint density at radius 3 is 2.50 bits per heavy atom. The second kappa shape index (κ2) is 8.24. The summed E-state index contributed by atoms with van der Waals surface area (Å²) in [7, 11) is 0. The van der Waals surface area contributed by atoms with E-state index in [9.17, 15) is 19.2 Å². The van der Waals surface area contributed by atoms with Crippen LogP contribution in [0.15, 0.2) is 44.8 Å². The number of aromatic nitrogens is 4. The fourth-order valence-electron chi connectivity index (χ4n) is 2.37. The van der Waals surface area contributed by atoms with Crippen molar-refractivity contribution < 1.29 is 14.6 Å². The van der Waals surface area contributed by atoms with Gasteiger partial charge in [0.05, 0.1) is 21.9 Å². The fourth-order valence-corrected chi connectivity index (χ4v) is 2.92. The normalized spacial score (nSPS) is 10.4. The van der Waals surface area contributed by atoms with Gasteiger partial charge in [-0.25, -0.2) is 4.79 Å². The number of aliphatic carboxylic acids is 1. The number of nitriles is 1. The van der Waals surface area contributed by atoms with Gasteiger partial charge in [0.1, 0.15) is 18.4 Å². The minimum absolute atomic E-state index is 0.0411. The van der Waals surface area contributed by atoms with E-state index in [1.807, 2.05) is 4.98 Å². The van der Waals surface area contributed by atoms with Crippen molar-refractivity contribution in [1.29, 1.82) is 5.26 Å². The first kappa shape index (κ1) is 20.8. The number of benzene rings is 1. The van der Waals surface area contributed by atoms with Crippen molar-refractivity contribution in [1.82, 2.24) is 19.3 Å². The Balaban J connectivity index is 2.02. The van der Waals surface area contributed by atoms with Crippen LogP contribution in [0.25, 0.3) is 5.69 Å². The third-order valence-corrected chi connectivity index (χ3v) is 4.20. The highest BCUT2D eigenvalue weighted by Crippen LogP contribution is 2.37. The van der Waals surface area contributed by atoms with Crippen LogP contribution in [0.1, 0.15) is 5.69 Å². The summed E-state index contributed by atoms with van der Waals surface area (Å²) in [6.45, 7) is -0.571. The first-order chi connectivity index (χ1) is 14.2. The number of nitrogens with one attached hydrogen (secondary N) is 1. The van der Waals surface area contributed by atoms with E-state index in [0.29, 0.717) is 0 Å². The van der Waals surface area contributed by atoms with E-state index < -0.39 is 35.0 Å². The highest BCUT2D eigenvalue weighted by Gasteiger charge is 2.15. The molecule has 11 nitrogen and oxygen atoms in total. The summed E-state index contributed by atoms with van der Waals surface area (Å²) < 4.78 is 7.22. The van der Waals surface area contributed by atoms with Crippen LogP contribution in [-0.4, -0.2) is 30.4 Å². The maximum atomic E-state index is 12.0. The molecular formula is C17H9Cl2N5O6. The number of rotatable bonds is 5. The molecular weight excluding hydrogens is 441 g/mol. The summed E-state index contributed by atoms with van der Waals surface area (Å²) in [5, 5.41) is 21.3. The summed E-state index contributed by atoms with van der Waals surface area (Å²) >= 11 is 12.4. The van der Waals surface area contributed by atoms with Gasteiger partial charge in [-0.2, -0.15) is 9.94 Å². The minimum Gasteiger partial charge on any atom is -0.480 e. The van der Waals surface area contributed by atoms with E-state index >= 15 is 0 Å². The molecule has 1 aromatic carbocycles. The first-order valence-electron chi connectivity index (χ1n) is 7.93. The van der Waals surface area contributed by atoms with Crippen molar-refractivity contribution >= 4 is 29.2 Å². The molecule has 0 saturated heterocycles. The first-order valence-corrected chi connectivity index (χ1v) is 8.68. The predicted molar refractivity (Wildman–Crippen MR) is 104 cm³/mol. The number of aromatic amines is 1. The summed E-state index contributed by atoms with van der Waals surface area (Å²) in [5.41, 5.74) is -2.89. The second-order valence-corrected chi connectivity index (χ2v) is 6.51. The lowest BCUT2D eigenvalue weighted by Crippen LogP contribution is -2.33. The average Bonchev–Trinajstić information content (AvgIpc) is 2.66. The number of pyridine rings is 1. The smallest absolute Gasteiger partial charge is 0.349 e. The van der Waals surface area contributed by atoms with Crippen molar-refractivity contribution in [3.05, 3.63) is 77.4 Å². The Hall–Kier alpha value is -3.88. The Morgan fingerprint density at radius 1 is 1.23 bits per heavy atom. The topological polar surface area (TPSA) is 160 Å². The van der Waals surface area contributed by atoms with Crippen molar-refractivity contribution in [2.75, 3.05) is 0 Å². The summed E-state index contributed by atoms with van der Waals surface area (Å²) in [6.07, 6.45) is 1.17. The quantitative estimate of drug-likeness (QED) is 0.585. The highest BCUT2D eigenvalue weighted by atomic mass is 35.5. The van der Waals surface area contributed by atoms with Crippen molar-refractivity contribution in [3.63, 3.8) is 0 Å². The predicted octanol–water partition coefficient (Wildman–Crippen LogP) is 1.14. The standard InChI is InChI=1S/C17H9Cl2N5O6/c18-10-3-8(24-17(29)21-16(28)12(5-20)22-24)4-11(19)15(10)30-9-1-2-13(25)23(6-9)7-14(26)27/h1-4,6H,7H2,(H,26,27)(H,21,28,29). The summed E-state index contributed by atoms with van der Waals surface area (Å²) in [4.78, 5) is 48.0. The number of halogens is 2. The lowest BCUT2D eigenvalue weighted by atomic mass is 10.3. The highest BCUT2D eigenvalue weighted by molar-refractivity contribution is 6.37. The Bertz CT molecular complexity index is 1360. The third kappa shape index (κ3) is 4.24. The van der Waals surface area contributed by atoms with Gasteiger partial charge in [-0.05, 0) is 18.2 Å². The van der Waals surface area contributed by atoms with Crippen LogP contribution in [0, 0.1) is 11.3 Å². The molecule has 0 spiro atoms. The lowest BCUT2D eigenvalue weighted by Gasteiger charge is -2.13. The van der Waals surface area contributed by atoms with Crippen LogP contribution in [0.3, 0.4) is 0 Å². The molecule has 3 aromatic rings. The third-order valence-electron chi connectivity index (χ3n) is 3.64. The van der Waals surface area contributed by atoms with Crippen molar-refractivity contribution in [3.8, 4) is 23.3 Å². The molecule has 2 N–H and O–H groups in total. The van der Waals surface area contributed by atoms with Gasteiger partial charge in [0.2, 0.25) is 5.69 Å². The molecule has 0 aliphatic heterocycles. The molecule has 2 aromatic heterocycles. The maximum absolute atomic E-state index is 12.0. The molecule has 0 radical (unpaired) electrons. The van der Waals surface area contributed by atoms with E-state index in [1.54, 1.807) is 6.07 Å². The molecule has 13 heteroatoms. The second-order valence-electron chi connectivity index (χ2n) is 5.70. The van der Waals surface area contributed by atoms with Crippen molar-refractivity contribution in [2.24, 2.45) is 0 Å². The number of ether oxygens (including phenoxy) is 1. The van der Waals surface area contributed by atoms with E-state index in [0.717, 1.165) is 15.3 Å². The van der Waals surface area contributed by atoms with E-state index in [-0.39, 0.29) is 27.2 Å². The number of hydrogen-bond acceptors (Lipinski definition) is 7. The van der Waals surface area contributed by atoms with Crippen LogP contribution in [0.5, 0.6) is 11.5 Å². The number of carboxylic acid groups (broad SMARTS) is 1. The van der Waals surface area contributed by atoms with Crippen LogP contribution in [0.2, 0.25) is 10.0 Å². The number of carboxylic acids is 1. The molecule has 3 rings (SSSR count). The van der Waals surface area contributed by atoms with E-state index in [2.05, 4.69) is 5.10 Å². The van der Waals surface area contributed by atoms with Crippen LogP contribution >= 0.6 is 23.2 Å². The number of carbonyl (C=O) groups is 1. The molecule has 0 amide bonds. The zero-order valence-corrected chi connectivity index (χ0v) is 16.1. The largest absolute Gasteiger partial charge is 0.480 e. The molecule has 30 heavy (non-hydrogen) atoms. The van der Waals surface area contributed by atoms with Gasteiger partial charge < -0.3 is 14.4 Å². The summed E-state index contributed by atoms with van der Waals surface area (Å²) in [5.74, 6) is -1.18. The molecule has 152 valence electrons. The van der Waals surface area contributed by atoms with Gasteiger partial charge >= 0.3 is 11.7 Å². The Labute approximate surface area is 175 Å². The molecule has 0 atom stereocenters. The van der Waals surface area contributed by atoms with Gasteiger partial charge in [0.25, 0.3) is 11.1 Å². The zero-order valence-electron chi connectivity index (χ0n) is 14.6. The monoisotopic (exact) mass is 449 g/mol.